The van der Waals surface area contributed by atoms with Crippen molar-refractivity contribution in [3.63, 3.8) is 0 Å². The summed E-state index contributed by atoms with van der Waals surface area (Å²) in [4.78, 5) is 37.7. The predicted octanol–water partition coefficient (Wildman–Crippen LogP) is 24.6. The van der Waals surface area contributed by atoms with Crippen molar-refractivity contribution >= 4 is 17.9 Å². The molecule has 1 N–H and O–H groups in total. The minimum absolute atomic E-state index is 0.179. The van der Waals surface area contributed by atoms with Crippen LogP contribution in [-0.2, 0) is 33.3 Å². The van der Waals surface area contributed by atoms with Gasteiger partial charge in [-0.05, 0) is 128 Å². The molecule has 0 saturated carbocycles. The quantitative estimate of drug-likeness (QED) is 0.0211. The molecule has 0 fully saturated rings. The summed E-state index contributed by atoms with van der Waals surface area (Å²) in [5.41, 5.74) is 0. The van der Waals surface area contributed by atoms with Gasteiger partial charge in [0.2, 0.25) is 0 Å². The van der Waals surface area contributed by atoms with E-state index in [4.69, 9.17) is 18.9 Å². The maximum atomic E-state index is 13.0. The highest BCUT2D eigenvalue weighted by Gasteiger charge is 2.25. The summed E-state index contributed by atoms with van der Waals surface area (Å²) in [6.45, 7) is 4.65. The number of carbonyl (C=O) groups is 3. The fourth-order valence-corrected chi connectivity index (χ4v) is 10.2. The Balaban J connectivity index is 4.13. The third-order valence-corrected chi connectivity index (χ3v) is 16.0. The lowest BCUT2D eigenvalue weighted by Gasteiger charge is -2.25. The number of rotatable bonds is 69. The lowest BCUT2D eigenvalue weighted by atomic mass is 10.0. The van der Waals surface area contributed by atoms with Crippen molar-refractivity contribution in [2.75, 3.05) is 47.5 Å². The van der Waals surface area contributed by atoms with Crippen LogP contribution >= 0.6 is 0 Å². The van der Waals surface area contributed by atoms with Crippen molar-refractivity contribution in [1.82, 2.24) is 0 Å². The Hall–Kier alpha value is -5.35. The van der Waals surface area contributed by atoms with Crippen LogP contribution in [0.1, 0.15) is 296 Å². The molecule has 0 aromatic heterocycles. The average molecular weight is 1320 g/mol. The lowest BCUT2D eigenvalue weighted by Crippen LogP contribution is -2.40. The van der Waals surface area contributed by atoms with Gasteiger partial charge in [0.15, 0.2) is 6.10 Å². The molecular weight excluding hydrogens is 1170 g/mol. The molecule has 0 aliphatic rings. The van der Waals surface area contributed by atoms with Gasteiger partial charge in [-0.25, -0.2) is 4.79 Å². The third kappa shape index (κ3) is 75.9. The van der Waals surface area contributed by atoms with E-state index >= 15 is 0 Å². The maximum absolute atomic E-state index is 13.0. The minimum atomic E-state index is -1.52. The van der Waals surface area contributed by atoms with Gasteiger partial charge in [-0.2, -0.15) is 0 Å². The number of hydrogen-bond donors (Lipinski definition) is 1. The SMILES string of the molecule is CC/C=C\C/C=C\C/C=C\C/C=C\C/C=C\C/C=C\C/C=C\C/C=C\C/C=C\CCCCCCCCCCCC(=O)OC(COC(=O)CCCCCCCCCCCCCCCCCCC/C=C\C/C=C\C/C=C\C/C=C\C/C=C\CC)COC(OCC[N+](C)(C)C)C(=O)O. The summed E-state index contributed by atoms with van der Waals surface area (Å²) >= 11 is 0. The highest BCUT2D eigenvalue weighted by atomic mass is 16.7. The minimum Gasteiger partial charge on any atom is -0.477 e. The van der Waals surface area contributed by atoms with E-state index < -0.39 is 24.3 Å². The van der Waals surface area contributed by atoms with Crippen LogP contribution in [0, 0.1) is 0 Å². The Morgan fingerprint density at radius 1 is 0.316 bits per heavy atom. The molecule has 2 unspecified atom stereocenters. The molecule has 0 spiro atoms. The summed E-state index contributed by atoms with van der Waals surface area (Å²) in [6.07, 6.45) is 109. The van der Waals surface area contributed by atoms with Crippen molar-refractivity contribution < 1.29 is 42.9 Å². The van der Waals surface area contributed by atoms with Crippen molar-refractivity contribution in [3.05, 3.63) is 170 Å². The highest BCUT2D eigenvalue weighted by Crippen LogP contribution is 2.17. The van der Waals surface area contributed by atoms with E-state index in [0.29, 0.717) is 23.9 Å². The molecule has 538 valence electrons. The molecule has 0 radical (unpaired) electrons. The number of likely N-dealkylation sites (N-methyl/N-ethyl adjacent to an activating group) is 1. The molecule has 0 heterocycles. The predicted molar refractivity (Wildman–Crippen MR) is 410 cm³/mol. The number of hydrogen-bond acceptors (Lipinski definition) is 7. The summed E-state index contributed by atoms with van der Waals surface area (Å²) in [6, 6.07) is 0. The number of nitrogens with zero attached hydrogens (tertiary/aromatic N) is 1. The molecular formula is C86H142NO8+. The van der Waals surface area contributed by atoms with E-state index in [9.17, 15) is 19.5 Å². The van der Waals surface area contributed by atoms with Crippen LogP contribution in [0.15, 0.2) is 170 Å². The average Bonchev–Trinajstić information content (AvgIpc) is 3.75. The van der Waals surface area contributed by atoms with Crippen LogP contribution < -0.4 is 0 Å². The molecule has 9 nitrogen and oxygen atoms in total. The van der Waals surface area contributed by atoms with Crippen LogP contribution in [0.4, 0.5) is 0 Å². The summed E-state index contributed by atoms with van der Waals surface area (Å²) in [5.74, 6) is -2.02. The number of carbonyl (C=O) groups excluding carboxylic acids is 2. The highest BCUT2D eigenvalue weighted by molar-refractivity contribution is 5.71. The van der Waals surface area contributed by atoms with Crippen LogP contribution in [0.5, 0.6) is 0 Å². The second-order valence-corrected chi connectivity index (χ2v) is 26.2. The number of carboxylic acids is 1. The molecule has 0 saturated heterocycles. The van der Waals surface area contributed by atoms with Gasteiger partial charge in [0.05, 0.1) is 34.4 Å². The Kier molecular flexibility index (Phi) is 70.2. The molecule has 9 heteroatoms. The smallest absolute Gasteiger partial charge is 0.361 e. The fourth-order valence-electron chi connectivity index (χ4n) is 10.2. The molecule has 0 aromatic carbocycles. The van der Waals surface area contributed by atoms with Gasteiger partial charge in [0.25, 0.3) is 6.29 Å². The first-order valence-corrected chi connectivity index (χ1v) is 38.3. The summed E-state index contributed by atoms with van der Waals surface area (Å²) < 4.78 is 23.0. The first kappa shape index (κ1) is 89.6. The topological polar surface area (TPSA) is 108 Å². The van der Waals surface area contributed by atoms with Gasteiger partial charge >= 0.3 is 17.9 Å². The van der Waals surface area contributed by atoms with Crippen LogP contribution in [0.2, 0.25) is 0 Å². The van der Waals surface area contributed by atoms with Crippen LogP contribution in [0.25, 0.3) is 0 Å². The van der Waals surface area contributed by atoms with E-state index in [0.717, 1.165) is 135 Å². The van der Waals surface area contributed by atoms with E-state index in [1.807, 2.05) is 21.1 Å². The zero-order chi connectivity index (χ0) is 69.0. The van der Waals surface area contributed by atoms with Crippen molar-refractivity contribution in [3.8, 4) is 0 Å². The van der Waals surface area contributed by atoms with E-state index in [2.05, 4.69) is 184 Å². The molecule has 0 aromatic rings. The Morgan fingerprint density at radius 2 is 0.568 bits per heavy atom. The Morgan fingerprint density at radius 3 is 0.842 bits per heavy atom. The Labute approximate surface area is 584 Å². The maximum Gasteiger partial charge on any atom is 0.361 e. The van der Waals surface area contributed by atoms with Gasteiger partial charge in [-0.1, -0.05) is 325 Å². The number of allylic oxidation sites excluding steroid dienone is 28. The monoisotopic (exact) mass is 1320 g/mol. The molecule has 0 bridgehead atoms. The van der Waals surface area contributed by atoms with Gasteiger partial charge < -0.3 is 28.5 Å². The summed E-state index contributed by atoms with van der Waals surface area (Å²) in [5, 5.41) is 9.77. The normalized spacial score (nSPS) is 13.7. The largest absolute Gasteiger partial charge is 0.477 e. The van der Waals surface area contributed by atoms with E-state index in [1.54, 1.807) is 0 Å². The van der Waals surface area contributed by atoms with Gasteiger partial charge in [0, 0.05) is 12.8 Å². The van der Waals surface area contributed by atoms with Crippen molar-refractivity contribution in [1.29, 1.82) is 0 Å². The number of quaternary nitrogens is 1. The zero-order valence-corrected chi connectivity index (χ0v) is 61.5. The van der Waals surface area contributed by atoms with Crippen molar-refractivity contribution in [2.24, 2.45) is 0 Å². The van der Waals surface area contributed by atoms with Crippen LogP contribution in [-0.4, -0.2) is 87.4 Å². The van der Waals surface area contributed by atoms with Crippen LogP contribution in [0.3, 0.4) is 0 Å². The molecule has 0 aliphatic carbocycles. The fraction of sp³-hybridized carbons (Fsp3) is 0.640. The lowest BCUT2D eigenvalue weighted by molar-refractivity contribution is -0.870. The van der Waals surface area contributed by atoms with Gasteiger partial charge in [0.1, 0.15) is 13.2 Å². The van der Waals surface area contributed by atoms with E-state index in [-0.39, 0.29) is 32.2 Å². The number of aliphatic carboxylic acids is 1. The first-order chi connectivity index (χ1) is 46.6. The van der Waals surface area contributed by atoms with Crippen molar-refractivity contribution in [2.45, 2.75) is 309 Å². The molecule has 95 heavy (non-hydrogen) atoms. The van der Waals surface area contributed by atoms with Gasteiger partial charge in [-0.15, -0.1) is 0 Å². The Bertz CT molecular complexity index is 2170. The van der Waals surface area contributed by atoms with Gasteiger partial charge in [-0.3, -0.25) is 9.59 Å². The molecule has 0 aliphatic heterocycles. The van der Waals surface area contributed by atoms with E-state index in [1.165, 1.54) is 128 Å². The number of ether oxygens (including phenoxy) is 4. The second kappa shape index (κ2) is 74.4. The zero-order valence-electron chi connectivity index (χ0n) is 61.5. The second-order valence-electron chi connectivity index (χ2n) is 26.2. The third-order valence-electron chi connectivity index (χ3n) is 16.0. The number of carboxylic acid groups (broad SMARTS) is 1. The first-order valence-electron chi connectivity index (χ1n) is 38.3. The number of unbranched alkanes of at least 4 members (excludes halogenated alkanes) is 26. The molecule has 0 amide bonds. The number of esters is 2. The molecule has 2 atom stereocenters. The molecule has 0 rings (SSSR count). The standard InChI is InChI=1S/C86H141NO8/c1-6-8-10-12-14-16-18-20-22-24-26-28-30-32-34-36-38-40-41-42-43-45-47-49-51-53-55-57-59-61-63-65-67-69-71-73-75-77-84(89)95-82(81-94-86(85(90)91)92-79-78-87(3,4)5)80-93-83(88)76-74-72-70-68-66-64-62-60-58-56-54-52-50-48-46-44-39-37-35-33-31-29-27-25-23-21-19-17-15-13-11-9-7-2/h8-11,14-17,20-23,26-29,32-35,38,40,42-43,47,49,53,55,82,86H,6-7,12-13,18-19,24-25,30-31,36-37,39,41,44-46,48,50-52,54,56-81H2,1-5H3/p+1/b10-8-,11-9-,16-14-,17-15-,22-20-,23-21-,28-26-,29-27-,34-32-,35-33-,40-38-,43-42-,49-47-,55-53-. The summed E-state index contributed by atoms with van der Waals surface area (Å²) in [7, 11) is 5.97.